The second-order valence-corrected chi connectivity index (χ2v) is 7.44. The quantitative estimate of drug-likeness (QED) is 0.557. The molecule has 1 atom stereocenters. The molecule has 4 rings (SSSR count). The molecule has 3 aromatic carbocycles. The van der Waals surface area contributed by atoms with E-state index < -0.39 is 18.1 Å². The normalized spacial score (nSPS) is 13.1. The van der Waals surface area contributed by atoms with Crippen molar-refractivity contribution in [1.29, 1.82) is 0 Å². The van der Waals surface area contributed by atoms with E-state index in [1.807, 2.05) is 36.4 Å². The number of benzene rings is 3. The van der Waals surface area contributed by atoms with Gasteiger partial charge in [-0.15, -0.1) is 0 Å². The summed E-state index contributed by atoms with van der Waals surface area (Å²) in [6.07, 6.45) is -0.669. The smallest absolute Gasteiger partial charge is 0.407 e. The van der Waals surface area contributed by atoms with E-state index in [0.717, 1.165) is 22.3 Å². The van der Waals surface area contributed by atoms with Crippen molar-refractivity contribution in [3.8, 4) is 16.9 Å². The summed E-state index contributed by atoms with van der Waals surface area (Å²) < 4.78 is 10.0. The number of carboxylic acid groups (broad SMARTS) is 1. The highest BCUT2D eigenvalue weighted by molar-refractivity contribution is 6.09. The molecule has 0 heterocycles. The molecule has 1 amide bonds. The van der Waals surface area contributed by atoms with Crippen LogP contribution in [0.25, 0.3) is 11.1 Å². The van der Waals surface area contributed by atoms with Gasteiger partial charge in [-0.05, 0) is 39.9 Å². The van der Waals surface area contributed by atoms with E-state index in [1.54, 1.807) is 24.3 Å². The third-order valence-electron chi connectivity index (χ3n) is 5.39. The number of carbonyl (C=O) groups is 2. The first-order valence-electron chi connectivity index (χ1n) is 9.78. The maximum atomic E-state index is 12.4. The molecule has 1 aliphatic carbocycles. The molecule has 31 heavy (non-hydrogen) atoms. The summed E-state index contributed by atoms with van der Waals surface area (Å²) in [5, 5.41) is 12.0. The van der Waals surface area contributed by atoms with Crippen LogP contribution in [0.4, 0.5) is 4.79 Å². The van der Waals surface area contributed by atoms with Crippen molar-refractivity contribution in [3.05, 3.63) is 89.5 Å². The minimum atomic E-state index is -1.15. The number of carboxylic acids is 1. The predicted octanol–water partition coefficient (Wildman–Crippen LogP) is 4.75. The van der Waals surface area contributed by atoms with Gasteiger partial charge in [0.05, 0.1) is 0 Å². The van der Waals surface area contributed by atoms with Crippen molar-refractivity contribution < 1.29 is 23.7 Å². The van der Waals surface area contributed by atoms with Gasteiger partial charge in [-0.1, -0.05) is 60.7 Å². The number of alkyl carbamates (subject to hydrolysis) is 1. The zero-order valence-electron chi connectivity index (χ0n) is 16.5. The molecule has 2 N–H and O–H groups in total. The fourth-order valence-corrected chi connectivity index (χ4v) is 4.00. The number of carbonyl (C=O) groups excluding carboxylic acids is 1. The number of halogens is 1. The van der Waals surface area contributed by atoms with Crippen molar-refractivity contribution in [2.24, 2.45) is 0 Å². The van der Waals surface area contributed by atoms with Gasteiger partial charge in [0.1, 0.15) is 30.3 Å². The molecule has 7 heteroatoms. The van der Waals surface area contributed by atoms with Crippen molar-refractivity contribution in [1.82, 2.24) is 5.32 Å². The number of nitrogens with one attached hydrogen (secondary N) is 1. The molecule has 0 bridgehead atoms. The van der Waals surface area contributed by atoms with Crippen LogP contribution < -0.4 is 9.61 Å². The maximum absolute atomic E-state index is 12.4. The highest BCUT2D eigenvalue weighted by Gasteiger charge is 2.29. The SMILES string of the molecule is O=C(N[C@@H](Cc1ccc(OCl)cc1)C(=O)O)OCC1c2ccccc2-c2ccccc21. The van der Waals surface area contributed by atoms with Crippen molar-refractivity contribution in [2.45, 2.75) is 18.4 Å². The fraction of sp³-hybridized carbons (Fsp3) is 0.167. The molecule has 0 radical (unpaired) electrons. The Kier molecular flexibility index (Phi) is 6.09. The summed E-state index contributed by atoms with van der Waals surface area (Å²) >= 11 is 5.29. The van der Waals surface area contributed by atoms with E-state index in [9.17, 15) is 14.7 Å². The first-order chi connectivity index (χ1) is 15.1. The first-order valence-corrected chi connectivity index (χ1v) is 10.1. The second-order valence-electron chi connectivity index (χ2n) is 7.29. The number of hydrogen-bond acceptors (Lipinski definition) is 4. The molecule has 0 aromatic heterocycles. The lowest BCUT2D eigenvalue weighted by Crippen LogP contribution is -2.42. The zero-order chi connectivity index (χ0) is 21.8. The third kappa shape index (κ3) is 4.49. The number of amides is 1. The lowest BCUT2D eigenvalue weighted by atomic mass is 9.98. The maximum Gasteiger partial charge on any atom is 0.407 e. The molecule has 6 nitrogen and oxygen atoms in total. The highest BCUT2D eigenvalue weighted by Crippen LogP contribution is 2.44. The Morgan fingerprint density at radius 3 is 2.06 bits per heavy atom. The zero-order valence-corrected chi connectivity index (χ0v) is 17.2. The van der Waals surface area contributed by atoms with Crippen LogP contribution in [0.2, 0.25) is 0 Å². The first kappa shape index (κ1) is 20.8. The van der Waals surface area contributed by atoms with Gasteiger partial charge in [0.2, 0.25) is 0 Å². The standard InChI is InChI=1S/C24H20ClNO5/c25-31-16-11-9-15(10-12-16)13-22(23(27)28)26-24(29)30-14-21-19-7-3-1-5-17(19)18-6-2-4-8-20(18)21/h1-12,21-22H,13-14H2,(H,26,29)(H,27,28)/t22-/m0/s1. The van der Waals surface area contributed by atoms with Gasteiger partial charge >= 0.3 is 12.1 Å². The van der Waals surface area contributed by atoms with Crippen LogP contribution in [0.15, 0.2) is 72.8 Å². The average Bonchev–Trinajstić information content (AvgIpc) is 3.11. The summed E-state index contributed by atoms with van der Waals surface area (Å²) in [5.74, 6) is -0.794. The Hall–Kier alpha value is -3.51. The molecule has 0 fully saturated rings. The summed E-state index contributed by atoms with van der Waals surface area (Å²) in [5.41, 5.74) is 5.14. The molecular formula is C24H20ClNO5. The Morgan fingerprint density at radius 1 is 0.935 bits per heavy atom. The minimum absolute atomic E-state index is 0.0930. The lowest BCUT2D eigenvalue weighted by Gasteiger charge is -2.17. The van der Waals surface area contributed by atoms with Crippen LogP contribution in [0.1, 0.15) is 22.6 Å². The Labute approximate surface area is 184 Å². The van der Waals surface area contributed by atoms with Gasteiger partial charge in [0.15, 0.2) is 0 Å². The Bertz CT molecular complexity index is 1050. The summed E-state index contributed by atoms with van der Waals surface area (Å²) in [6.45, 7) is 0.119. The van der Waals surface area contributed by atoms with E-state index in [-0.39, 0.29) is 18.9 Å². The van der Waals surface area contributed by atoms with E-state index in [1.165, 1.54) is 0 Å². The Morgan fingerprint density at radius 2 is 1.52 bits per heavy atom. The molecule has 0 saturated carbocycles. The molecule has 0 aliphatic heterocycles. The third-order valence-corrected chi connectivity index (χ3v) is 5.56. The summed E-state index contributed by atoms with van der Waals surface area (Å²) in [4.78, 5) is 24.0. The second kappa shape index (κ2) is 9.10. The van der Waals surface area contributed by atoms with Crippen LogP contribution >= 0.6 is 11.9 Å². The molecule has 3 aromatic rings. The monoisotopic (exact) mass is 437 g/mol. The molecule has 158 valence electrons. The lowest BCUT2D eigenvalue weighted by molar-refractivity contribution is -0.139. The molecule has 0 spiro atoms. The van der Waals surface area contributed by atoms with Gasteiger partial charge in [0, 0.05) is 12.3 Å². The minimum Gasteiger partial charge on any atom is -0.480 e. The van der Waals surface area contributed by atoms with Crippen molar-refractivity contribution >= 4 is 23.9 Å². The largest absolute Gasteiger partial charge is 0.480 e. The van der Waals surface area contributed by atoms with Crippen LogP contribution in [0.5, 0.6) is 5.75 Å². The summed E-state index contributed by atoms with van der Waals surface area (Å²) in [7, 11) is 0. The van der Waals surface area contributed by atoms with Crippen molar-refractivity contribution in [3.63, 3.8) is 0 Å². The van der Waals surface area contributed by atoms with Crippen LogP contribution in [-0.4, -0.2) is 29.8 Å². The van der Waals surface area contributed by atoms with E-state index in [2.05, 4.69) is 21.7 Å². The molecule has 0 saturated heterocycles. The van der Waals surface area contributed by atoms with Crippen LogP contribution in [-0.2, 0) is 16.0 Å². The number of fused-ring (bicyclic) bond motifs is 3. The van der Waals surface area contributed by atoms with Crippen LogP contribution in [0.3, 0.4) is 0 Å². The Balaban J connectivity index is 1.41. The molecular weight excluding hydrogens is 418 g/mol. The highest BCUT2D eigenvalue weighted by atomic mass is 35.5. The van der Waals surface area contributed by atoms with Gasteiger partial charge in [-0.2, -0.15) is 0 Å². The molecule has 1 aliphatic rings. The number of ether oxygens (including phenoxy) is 1. The average molecular weight is 438 g/mol. The topological polar surface area (TPSA) is 84.9 Å². The molecule has 0 unspecified atom stereocenters. The predicted molar refractivity (Wildman–Crippen MR) is 116 cm³/mol. The number of rotatable bonds is 7. The van der Waals surface area contributed by atoms with Gasteiger partial charge in [-0.25, -0.2) is 9.59 Å². The summed E-state index contributed by atoms with van der Waals surface area (Å²) in [6, 6.07) is 21.5. The fourth-order valence-electron chi connectivity index (χ4n) is 3.90. The van der Waals surface area contributed by atoms with Gasteiger partial charge in [0.25, 0.3) is 0 Å². The van der Waals surface area contributed by atoms with E-state index in [4.69, 9.17) is 16.6 Å². The van der Waals surface area contributed by atoms with Crippen LogP contribution in [0, 0.1) is 0 Å². The number of hydrogen-bond donors (Lipinski definition) is 2. The van der Waals surface area contributed by atoms with E-state index in [0.29, 0.717) is 11.3 Å². The number of aliphatic carboxylic acids is 1. The van der Waals surface area contributed by atoms with Gasteiger partial charge in [-0.3, -0.25) is 0 Å². The van der Waals surface area contributed by atoms with Gasteiger partial charge < -0.3 is 19.4 Å². The van der Waals surface area contributed by atoms with E-state index >= 15 is 0 Å². The van der Waals surface area contributed by atoms with Crippen molar-refractivity contribution in [2.75, 3.05) is 6.61 Å².